The summed E-state index contributed by atoms with van der Waals surface area (Å²) >= 11 is 0. The lowest BCUT2D eigenvalue weighted by Crippen LogP contribution is -2.44. The molecular weight excluding hydrogens is 320 g/mol. The average Bonchev–Trinajstić information content (AvgIpc) is 2.64. The molecule has 25 heavy (non-hydrogen) atoms. The van der Waals surface area contributed by atoms with Crippen LogP contribution in [0.2, 0.25) is 0 Å². The van der Waals surface area contributed by atoms with Gasteiger partial charge in [-0.05, 0) is 24.8 Å². The predicted octanol–water partition coefficient (Wildman–Crippen LogP) is 1.69. The quantitative estimate of drug-likeness (QED) is 0.787. The molecule has 1 saturated heterocycles. The number of rotatable bonds is 7. The maximum Gasteiger partial charge on any atom is 0.308 e. The molecular formula is C19H26N2O4. The van der Waals surface area contributed by atoms with Crippen molar-refractivity contribution in [3.05, 3.63) is 35.9 Å². The van der Waals surface area contributed by atoms with Crippen molar-refractivity contribution in [2.45, 2.75) is 32.6 Å². The highest BCUT2D eigenvalue weighted by Gasteiger charge is 2.27. The van der Waals surface area contributed by atoms with Crippen LogP contribution >= 0.6 is 0 Å². The normalized spacial score (nSPS) is 16.3. The van der Waals surface area contributed by atoms with E-state index in [1.54, 1.807) is 6.92 Å². The van der Waals surface area contributed by atoms with Crippen molar-refractivity contribution in [2.75, 3.05) is 19.6 Å². The number of nitrogens with one attached hydrogen (secondary N) is 1. The Balaban J connectivity index is 1.70. The van der Waals surface area contributed by atoms with Gasteiger partial charge in [0.2, 0.25) is 11.8 Å². The van der Waals surface area contributed by atoms with Crippen LogP contribution in [0, 0.1) is 11.8 Å². The fraction of sp³-hybridized carbons (Fsp3) is 0.526. The number of carboxylic acid groups (broad SMARTS) is 1. The molecule has 1 aliphatic rings. The molecule has 1 atom stereocenters. The largest absolute Gasteiger partial charge is 0.481 e. The first-order chi connectivity index (χ1) is 12.0. The lowest BCUT2D eigenvalue weighted by atomic mass is 9.95. The topological polar surface area (TPSA) is 86.7 Å². The summed E-state index contributed by atoms with van der Waals surface area (Å²) in [5.41, 5.74) is 1.15. The first-order valence-corrected chi connectivity index (χ1v) is 8.79. The fourth-order valence-electron chi connectivity index (χ4n) is 2.93. The van der Waals surface area contributed by atoms with E-state index in [4.69, 9.17) is 5.11 Å². The first kappa shape index (κ1) is 19.0. The molecule has 6 heteroatoms. The van der Waals surface area contributed by atoms with Gasteiger partial charge >= 0.3 is 5.97 Å². The number of carbonyl (C=O) groups is 3. The Bertz CT molecular complexity index is 595. The third-order valence-corrected chi connectivity index (χ3v) is 4.69. The number of aryl methyl sites for hydroxylation is 1. The monoisotopic (exact) mass is 346 g/mol. The number of carboxylic acids is 1. The minimum absolute atomic E-state index is 0.107. The second-order valence-electron chi connectivity index (χ2n) is 6.63. The zero-order valence-electron chi connectivity index (χ0n) is 14.6. The highest BCUT2D eigenvalue weighted by atomic mass is 16.4. The van der Waals surface area contributed by atoms with Crippen LogP contribution in [-0.4, -0.2) is 47.4 Å². The zero-order valence-corrected chi connectivity index (χ0v) is 14.6. The second kappa shape index (κ2) is 9.20. The Hall–Kier alpha value is -2.37. The number of hydrogen-bond acceptors (Lipinski definition) is 3. The summed E-state index contributed by atoms with van der Waals surface area (Å²) in [5, 5.41) is 11.5. The molecule has 1 aliphatic heterocycles. The molecule has 0 aliphatic carbocycles. The molecule has 1 fully saturated rings. The van der Waals surface area contributed by atoms with E-state index in [9.17, 15) is 14.4 Å². The van der Waals surface area contributed by atoms with Gasteiger partial charge in [-0.1, -0.05) is 37.3 Å². The van der Waals surface area contributed by atoms with Crippen LogP contribution in [0.4, 0.5) is 0 Å². The predicted molar refractivity (Wildman–Crippen MR) is 93.9 cm³/mol. The Morgan fingerprint density at radius 3 is 2.44 bits per heavy atom. The van der Waals surface area contributed by atoms with Crippen LogP contribution < -0.4 is 5.32 Å². The molecule has 2 amide bonds. The third kappa shape index (κ3) is 5.89. The lowest BCUT2D eigenvalue weighted by molar-refractivity contribution is -0.141. The number of benzene rings is 1. The summed E-state index contributed by atoms with van der Waals surface area (Å²) in [6, 6.07) is 9.92. The van der Waals surface area contributed by atoms with Gasteiger partial charge in [0.15, 0.2) is 0 Å². The summed E-state index contributed by atoms with van der Waals surface area (Å²) in [5.74, 6) is -1.63. The molecule has 136 valence electrons. The average molecular weight is 346 g/mol. The third-order valence-electron chi connectivity index (χ3n) is 4.69. The van der Waals surface area contributed by atoms with E-state index >= 15 is 0 Å². The van der Waals surface area contributed by atoms with Gasteiger partial charge < -0.3 is 15.3 Å². The number of amides is 2. The molecule has 1 heterocycles. The van der Waals surface area contributed by atoms with Gasteiger partial charge in [0.05, 0.1) is 5.92 Å². The molecule has 0 saturated carbocycles. The van der Waals surface area contributed by atoms with Gasteiger partial charge in [-0.2, -0.15) is 0 Å². The summed E-state index contributed by atoms with van der Waals surface area (Å²) < 4.78 is 0. The smallest absolute Gasteiger partial charge is 0.308 e. The second-order valence-corrected chi connectivity index (χ2v) is 6.63. The Kier molecular flexibility index (Phi) is 6.98. The molecule has 1 aromatic rings. The molecule has 2 N–H and O–H groups in total. The fourth-order valence-corrected chi connectivity index (χ4v) is 2.93. The van der Waals surface area contributed by atoms with E-state index < -0.39 is 11.9 Å². The molecule has 2 rings (SSSR count). The van der Waals surface area contributed by atoms with E-state index in [2.05, 4.69) is 5.32 Å². The maximum absolute atomic E-state index is 12.3. The number of nitrogens with zero attached hydrogens (tertiary/aromatic N) is 1. The minimum atomic E-state index is -0.917. The Morgan fingerprint density at radius 2 is 1.84 bits per heavy atom. The SMILES string of the molecule is CC(CNC(=O)C1CCN(C(=O)CCc2ccccc2)CC1)C(=O)O. The lowest BCUT2D eigenvalue weighted by Gasteiger charge is -2.31. The van der Waals surface area contributed by atoms with Crippen LogP contribution in [0.25, 0.3) is 0 Å². The van der Waals surface area contributed by atoms with Crippen LogP contribution in [0.3, 0.4) is 0 Å². The van der Waals surface area contributed by atoms with Crippen molar-refractivity contribution < 1.29 is 19.5 Å². The number of aliphatic carboxylic acids is 1. The summed E-state index contributed by atoms with van der Waals surface area (Å²) in [4.78, 5) is 37.0. The van der Waals surface area contributed by atoms with E-state index in [1.807, 2.05) is 35.2 Å². The van der Waals surface area contributed by atoms with Gasteiger partial charge in [0, 0.05) is 32.0 Å². The van der Waals surface area contributed by atoms with Crippen molar-refractivity contribution >= 4 is 17.8 Å². The van der Waals surface area contributed by atoms with E-state index in [1.165, 1.54) is 0 Å². The van der Waals surface area contributed by atoms with Crippen LogP contribution in [0.1, 0.15) is 31.7 Å². The molecule has 0 aromatic heterocycles. The highest BCUT2D eigenvalue weighted by Crippen LogP contribution is 2.18. The molecule has 0 radical (unpaired) electrons. The van der Waals surface area contributed by atoms with Gasteiger partial charge in [0.25, 0.3) is 0 Å². The minimum Gasteiger partial charge on any atom is -0.481 e. The summed E-state index contributed by atoms with van der Waals surface area (Å²) in [6.07, 6.45) is 2.47. The first-order valence-electron chi connectivity index (χ1n) is 8.79. The van der Waals surface area contributed by atoms with Crippen molar-refractivity contribution in [2.24, 2.45) is 11.8 Å². The number of likely N-dealkylation sites (tertiary alicyclic amines) is 1. The van der Waals surface area contributed by atoms with E-state index in [0.717, 1.165) is 12.0 Å². The van der Waals surface area contributed by atoms with Gasteiger partial charge in [-0.3, -0.25) is 14.4 Å². The van der Waals surface area contributed by atoms with Crippen molar-refractivity contribution in [3.8, 4) is 0 Å². The van der Waals surface area contributed by atoms with Gasteiger partial charge in [0.1, 0.15) is 0 Å². The Morgan fingerprint density at radius 1 is 1.20 bits per heavy atom. The van der Waals surface area contributed by atoms with Crippen molar-refractivity contribution in [1.29, 1.82) is 0 Å². The van der Waals surface area contributed by atoms with E-state index in [0.29, 0.717) is 32.4 Å². The maximum atomic E-state index is 12.3. The standard InChI is InChI=1S/C19H26N2O4/c1-14(19(24)25)13-20-18(23)16-9-11-21(12-10-16)17(22)8-7-15-5-3-2-4-6-15/h2-6,14,16H,7-13H2,1H3,(H,20,23)(H,24,25). The number of carbonyl (C=O) groups excluding carboxylic acids is 2. The number of piperidine rings is 1. The number of hydrogen-bond donors (Lipinski definition) is 2. The summed E-state index contributed by atoms with van der Waals surface area (Å²) in [7, 11) is 0. The van der Waals surface area contributed by atoms with Crippen LogP contribution in [0.5, 0.6) is 0 Å². The molecule has 1 aromatic carbocycles. The molecule has 6 nitrogen and oxygen atoms in total. The van der Waals surface area contributed by atoms with Gasteiger partial charge in [-0.25, -0.2) is 0 Å². The van der Waals surface area contributed by atoms with Crippen molar-refractivity contribution in [1.82, 2.24) is 10.2 Å². The summed E-state index contributed by atoms with van der Waals surface area (Å²) in [6.45, 7) is 2.88. The highest BCUT2D eigenvalue weighted by molar-refractivity contribution is 5.80. The Labute approximate surface area is 148 Å². The molecule has 0 bridgehead atoms. The van der Waals surface area contributed by atoms with Gasteiger partial charge in [-0.15, -0.1) is 0 Å². The molecule has 0 spiro atoms. The van der Waals surface area contributed by atoms with E-state index in [-0.39, 0.29) is 24.3 Å². The van der Waals surface area contributed by atoms with Crippen molar-refractivity contribution in [3.63, 3.8) is 0 Å². The van der Waals surface area contributed by atoms with Crippen LogP contribution in [-0.2, 0) is 20.8 Å². The zero-order chi connectivity index (χ0) is 18.2. The van der Waals surface area contributed by atoms with Crippen LogP contribution in [0.15, 0.2) is 30.3 Å². The molecule has 1 unspecified atom stereocenters.